The topological polar surface area (TPSA) is 66.0 Å². The number of fused-ring (bicyclic) bond motifs is 1. The predicted molar refractivity (Wildman–Crippen MR) is 103 cm³/mol. The van der Waals surface area contributed by atoms with Crippen LogP contribution in [0.15, 0.2) is 30.3 Å². The van der Waals surface area contributed by atoms with Gasteiger partial charge in [0.25, 0.3) is 0 Å². The van der Waals surface area contributed by atoms with Crippen LogP contribution in [-0.4, -0.2) is 33.3 Å². The number of ether oxygens (including phenoxy) is 4. The van der Waals surface area contributed by atoms with Crippen LogP contribution in [0.1, 0.15) is 37.3 Å². The quantitative estimate of drug-likeness (QED) is 0.832. The van der Waals surface area contributed by atoms with Gasteiger partial charge in [-0.15, -0.1) is 0 Å². The van der Waals surface area contributed by atoms with Gasteiger partial charge in [0.2, 0.25) is 5.91 Å². The summed E-state index contributed by atoms with van der Waals surface area (Å²) < 4.78 is 22.4. The molecule has 0 saturated heterocycles. The van der Waals surface area contributed by atoms with E-state index in [9.17, 15) is 4.79 Å². The van der Waals surface area contributed by atoms with Gasteiger partial charge in [-0.05, 0) is 31.5 Å². The number of methoxy groups -OCH3 is 3. The van der Waals surface area contributed by atoms with E-state index in [1.807, 2.05) is 38.1 Å². The van der Waals surface area contributed by atoms with Crippen LogP contribution in [-0.2, 0) is 4.79 Å². The molecule has 144 valence electrons. The average molecular weight is 371 g/mol. The molecule has 0 fully saturated rings. The zero-order valence-corrected chi connectivity index (χ0v) is 16.3. The first-order valence-electron chi connectivity index (χ1n) is 8.87. The highest BCUT2D eigenvalue weighted by Crippen LogP contribution is 2.47. The summed E-state index contributed by atoms with van der Waals surface area (Å²) in [5.74, 6) is 2.26. The lowest BCUT2D eigenvalue weighted by Crippen LogP contribution is -2.24. The van der Waals surface area contributed by atoms with E-state index >= 15 is 0 Å². The molecule has 0 radical (unpaired) electrons. The van der Waals surface area contributed by atoms with Crippen molar-refractivity contribution in [2.45, 2.75) is 32.3 Å². The Morgan fingerprint density at radius 2 is 1.63 bits per heavy atom. The number of anilines is 1. The summed E-state index contributed by atoms with van der Waals surface area (Å²) in [6.07, 6.45) is 0.284. The van der Waals surface area contributed by atoms with Gasteiger partial charge in [0.1, 0.15) is 0 Å². The van der Waals surface area contributed by atoms with Gasteiger partial charge < -0.3 is 24.3 Å². The molecule has 1 amide bonds. The van der Waals surface area contributed by atoms with Crippen molar-refractivity contribution in [3.05, 3.63) is 41.5 Å². The number of carbonyl (C=O) groups excluding carboxylic acids is 1. The molecular weight excluding hydrogens is 346 g/mol. The molecule has 2 aromatic carbocycles. The Morgan fingerprint density at radius 3 is 2.26 bits per heavy atom. The van der Waals surface area contributed by atoms with Gasteiger partial charge in [-0.3, -0.25) is 4.79 Å². The molecule has 6 heteroatoms. The largest absolute Gasteiger partial charge is 0.493 e. The molecule has 6 nitrogen and oxygen atoms in total. The molecule has 1 aliphatic heterocycles. The molecule has 27 heavy (non-hydrogen) atoms. The first-order valence-corrected chi connectivity index (χ1v) is 8.87. The summed E-state index contributed by atoms with van der Waals surface area (Å²) >= 11 is 0. The summed E-state index contributed by atoms with van der Waals surface area (Å²) in [5, 5.41) is 2.93. The van der Waals surface area contributed by atoms with Crippen molar-refractivity contribution in [2.75, 3.05) is 26.6 Å². The number of hydrogen-bond acceptors (Lipinski definition) is 5. The maximum atomic E-state index is 12.4. The third-order valence-corrected chi connectivity index (χ3v) is 4.55. The van der Waals surface area contributed by atoms with Gasteiger partial charge in [-0.2, -0.15) is 0 Å². The van der Waals surface area contributed by atoms with Crippen LogP contribution in [0.25, 0.3) is 0 Å². The molecule has 0 bridgehead atoms. The van der Waals surface area contributed by atoms with Crippen LogP contribution in [0.2, 0.25) is 0 Å². The SMILES string of the molecule is COc1cc2c(cc1OC)[C@@H](c1cccc(OC)c1OC(C)C)CC(=O)N2. The molecule has 0 spiro atoms. The minimum Gasteiger partial charge on any atom is -0.493 e. The molecule has 1 atom stereocenters. The van der Waals surface area contributed by atoms with Crippen molar-refractivity contribution in [3.63, 3.8) is 0 Å². The van der Waals surface area contributed by atoms with E-state index < -0.39 is 0 Å². The van der Waals surface area contributed by atoms with Crippen LogP contribution < -0.4 is 24.3 Å². The van der Waals surface area contributed by atoms with E-state index in [1.165, 1.54) is 0 Å². The fourth-order valence-electron chi connectivity index (χ4n) is 3.40. The Labute approximate surface area is 159 Å². The molecule has 0 unspecified atom stereocenters. The van der Waals surface area contributed by atoms with Gasteiger partial charge in [0.15, 0.2) is 23.0 Å². The number of rotatable bonds is 6. The molecule has 0 aliphatic carbocycles. The van der Waals surface area contributed by atoms with E-state index in [1.54, 1.807) is 27.4 Å². The van der Waals surface area contributed by atoms with Crippen molar-refractivity contribution in [1.82, 2.24) is 0 Å². The predicted octanol–water partition coefficient (Wildman–Crippen LogP) is 3.97. The van der Waals surface area contributed by atoms with Crippen molar-refractivity contribution >= 4 is 11.6 Å². The van der Waals surface area contributed by atoms with Crippen molar-refractivity contribution in [3.8, 4) is 23.0 Å². The number of nitrogens with one attached hydrogen (secondary N) is 1. The molecule has 2 aromatic rings. The normalized spacial score (nSPS) is 15.8. The smallest absolute Gasteiger partial charge is 0.225 e. The van der Waals surface area contributed by atoms with Crippen LogP contribution >= 0.6 is 0 Å². The fourth-order valence-corrected chi connectivity index (χ4v) is 3.40. The monoisotopic (exact) mass is 371 g/mol. The number of para-hydroxylation sites is 1. The average Bonchev–Trinajstić information content (AvgIpc) is 2.66. The Hall–Kier alpha value is -2.89. The van der Waals surface area contributed by atoms with E-state index in [0.717, 1.165) is 11.1 Å². The molecule has 1 aliphatic rings. The van der Waals surface area contributed by atoms with Crippen LogP contribution in [0, 0.1) is 0 Å². The number of carbonyl (C=O) groups is 1. The lowest BCUT2D eigenvalue weighted by Gasteiger charge is -2.29. The summed E-state index contributed by atoms with van der Waals surface area (Å²) in [6.45, 7) is 3.93. The highest BCUT2D eigenvalue weighted by atomic mass is 16.5. The standard InChI is InChI=1S/C21H25NO5/c1-12(2)27-21-13(7-6-8-17(21)24-3)14-10-20(23)22-16-11-19(26-5)18(25-4)9-15(14)16/h6-9,11-12,14H,10H2,1-5H3,(H,22,23)/t14-/m1/s1. The third kappa shape index (κ3) is 3.65. The van der Waals surface area contributed by atoms with Gasteiger partial charge in [-0.1, -0.05) is 12.1 Å². The lowest BCUT2D eigenvalue weighted by atomic mass is 9.84. The Bertz CT molecular complexity index is 847. The molecular formula is C21H25NO5. The maximum Gasteiger partial charge on any atom is 0.225 e. The van der Waals surface area contributed by atoms with Crippen molar-refractivity contribution in [1.29, 1.82) is 0 Å². The Morgan fingerprint density at radius 1 is 0.963 bits per heavy atom. The van der Waals surface area contributed by atoms with Crippen LogP contribution in [0.4, 0.5) is 5.69 Å². The maximum absolute atomic E-state index is 12.4. The fraction of sp³-hybridized carbons (Fsp3) is 0.381. The summed E-state index contributed by atoms with van der Waals surface area (Å²) in [7, 11) is 4.78. The van der Waals surface area contributed by atoms with E-state index in [0.29, 0.717) is 35.1 Å². The van der Waals surface area contributed by atoms with E-state index in [-0.39, 0.29) is 17.9 Å². The van der Waals surface area contributed by atoms with E-state index in [4.69, 9.17) is 18.9 Å². The van der Waals surface area contributed by atoms with Gasteiger partial charge in [0.05, 0.1) is 27.4 Å². The molecule has 1 N–H and O–H groups in total. The Kier molecular flexibility index (Phi) is 5.44. The van der Waals surface area contributed by atoms with E-state index in [2.05, 4.69) is 5.32 Å². The molecule has 3 rings (SSSR count). The van der Waals surface area contributed by atoms with Gasteiger partial charge >= 0.3 is 0 Å². The highest BCUT2D eigenvalue weighted by molar-refractivity contribution is 5.96. The van der Waals surface area contributed by atoms with Crippen LogP contribution in [0.3, 0.4) is 0 Å². The first-order chi connectivity index (χ1) is 13.0. The first kappa shape index (κ1) is 18.9. The van der Waals surface area contributed by atoms with Gasteiger partial charge in [-0.25, -0.2) is 0 Å². The molecule has 0 saturated carbocycles. The number of amides is 1. The molecule has 0 aromatic heterocycles. The second-order valence-electron chi connectivity index (χ2n) is 6.64. The summed E-state index contributed by atoms with van der Waals surface area (Å²) in [6, 6.07) is 9.45. The van der Waals surface area contributed by atoms with Gasteiger partial charge in [0, 0.05) is 29.7 Å². The second kappa shape index (κ2) is 7.78. The highest BCUT2D eigenvalue weighted by Gasteiger charge is 2.31. The Balaban J connectivity index is 2.18. The zero-order valence-electron chi connectivity index (χ0n) is 16.3. The zero-order chi connectivity index (χ0) is 19.6. The minimum atomic E-state index is -0.183. The van der Waals surface area contributed by atoms with Crippen LogP contribution in [0.5, 0.6) is 23.0 Å². The minimum absolute atomic E-state index is 0.0256. The third-order valence-electron chi connectivity index (χ3n) is 4.55. The lowest BCUT2D eigenvalue weighted by molar-refractivity contribution is -0.116. The number of benzene rings is 2. The second-order valence-corrected chi connectivity index (χ2v) is 6.64. The summed E-state index contributed by atoms with van der Waals surface area (Å²) in [5.41, 5.74) is 2.58. The van der Waals surface area contributed by atoms with Crippen molar-refractivity contribution < 1.29 is 23.7 Å². The number of hydrogen-bond donors (Lipinski definition) is 1. The molecule has 1 heterocycles. The summed E-state index contributed by atoms with van der Waals surface area (Å²) in [4.78, 5) is 12.4. The van der Waals surface area contributed by atoms with Crippen molar-refractivity contribution in [2.24, 2.45) is 0 Å².